The van der Waals surface area contributed by atoms with Crippen LogP contribution in [0.2, 0.25) is 0 Å². The third kappa shape index (κ3) is 6.27. The van der Waals surface area contributed by atoms with Gasteiger partial charge in [0.15, 0.2) is 0 Å². The molecule has 3 atom stereocenters. The van der Waals surface area contributed by atoms with Crippen LogP contribution in [0.25, 0.3) is 0 Å². The highest BCUT2D eigenvalue weighted by Gasteiger charge is 2.27. The Kier molecular flexibility index (Phi) is 5.73. The minimum Gasteiger partial charge on any atom is -0.371 e. The molecule has 0 amide bonds. The highest BCUT2D eigenvalue weighted by Crippen LogP contribution is 2.28. The van der Waals surface area contributed by atoms with Crippen molar-refractivity contribution in [2.24, 2.45) is 11.8 Å². The van der Waals surface area contributed by atoms with Gasteiger partial charge in [0.2, 0.25) is 0 Å². The van der Waals surface area contributed by atoms with Gasteiger partial charge in [0, 0.05) is 12.6 Å². The van der Waals surface area contributed by atoms with E-state index >= 15 is 0 Å². The highest BCUT2D eigenvalue weighted by molar-refractivity contribution is 4.81. The SMILES string of the molecule is CC1CCC(C)C(NCCOCC(F)(F)F)C1. The number of ether oxygens (including phenoxy) is 1. The molecule has 1 N–H and O–H groups in total. The Morgan fingerprint density at radius 2 is 1.94 bits per heavy atom. The highest BCUT2D eigenvalue weighted by atomic mass is 19.4. The number of alkyl halides is 3. The summed E-state index contributed by atoms with van der Waals surface area (Å²) in [5, 5.41) is 3.30. The Hall–Kier alpha value is -0.290. The molecular weight excluding hydrogens is 231 g/mol. The average molecular weight is 253 g/mol. The normalized spacial score (nSPS) is 30.5. The fourth-order valence-electron chi connectivity index (χ4n) is 2.32. The van der Waals surface area contributed by atoms with Gasteiger partial charge in [-0.05, 0) is 24.7 Å². The van der Waals surface area contributed by atoms with Gasteiger partial charge in [0.05, 0.1) is 6.61 Å². The van der Waals surface area contributed by atoms with E-state index < -0.39 is 12.8 Å². The number of hydrogen-bond acceptors (Lipinski definition) is 2. The van der Waals surface area contributed by atoms with Crippen LogP contribution in [-0.2, 0) is 4.74 Å². The first-order chi connectivity index (χ1) is 7.88. The summed E-state index contributed by atoms with van der Waals surface area (Å²) in [7, 11) is 0. The van der Waals surface area contributed by atoms with Gasteiger partial charge in [0.25, 0.3) is 0 Å². The van der Waals surface area contributed by atoms with Crippen LogP contribution in [0.4, 0.5) is 13.2 Å². The van der Waals surface area contributed by atoms with Crippen LogP contribution in [0.15, 0.2) is 0 Å². The Morgan fingerprint density at radius 1 is 1.24 bits per heavy atom. The van der Waals surface area contributed by atoms with Crippen LogP contribution in [0.1, 0.15) is 33.1 Å². The maximum Gasteiger partial charge on any atom is 0.411 e. The molecule has 0 aromatic carbocycles. The average Bonchev–Trinajstić information content (AvgIpc) is 2.21. The molecule has 5 heteroatoms. The van der Waals surface area contributed by atoms with Crippen LogP contribution in [-0.4, -0.2) is 32.0 Å². The van der Waals surface area contributed by atoms with Crippen LogP contribution in [0.3, 0.4) is 0 Å². The van der Waals surface area contributed by atoms with E-state index in [0.717, 1.165) is 6.42 Å². The van der Waals surface area contributed by atoms with E-state index in [1.807, 2.05) is 0 Å². The van der Waals surface area contributed by atoms with Crippen molar-refractivity contribution in [3.8, 4) is 0 Å². The van der Waals surface area contributed by atoms with Crippen LogP contribution >= 0.6 is 0 Å². The quantitative estimate of drug-likeness (QED) is 0.761. The topological polar surface area (TPSA) is 21.3 Å². The first-order valence-corrected chi connectivity index (χ1v) is 6.26. The predicted octanol–water partition coefficient (Wildman–Crippen LogP) is 2.98. The zero-order valence-corrected chi connectivity index (χ0v) is 10.5. The molecule has 0 bridgehead atoms. The van der Waals surface area contributed by atoms with Crippen molar-refractivity contribution in [1.82, 2.24) is 5.32 Å². The summed E-state index contributed by atoms with van der Waals surface area (Å²) in [6.45, 7) is 3.89. The summed E-state index contributed by atoms with van der Waals surface area (Å²) in [5.41, 5.74) is 0. The lowest BCUT2D eigenvalue weighted by atomic mass is 9.80. The molecule has 0 heterocycles. The van der Waals surface area contributed by atoms with Crippen molar-refractivity contribution in [1.29, 1.82) is 0 Å². The Labute approximate surface area is 101 Å². The van der Waals surface area contributed by atoms with E-state index in [1.54, 1.807) is 0 Å². The van der Waals surface area contributed by atoms with Crippen LogP contribution in [0.5, 0.6) is 0 Å². The molecule has 1 aliphatic carbocycles. The van der Waals surface area contributed by atoms with E-state index in [4.69, 9.17) is 0 Å². The van der Waals surface area contributed by atoms with Gasteiger partial charge in [-0.1, -0.05) is 20.3 Å². The van der Waals surface area contributed by atoms with E-state index in [9.17, 15) is 13.2 Å². The first-order valence-electron chi connectivity index (χ1n) is 6.26. The van der Waals surface area contributed by atoms with Crippen molar-refractivity contribution >= 4 is 0 Å². The van der Waals surface area contributed by atoms with Gasteiger partial charge < -0.3 is 10.1 Å². The summed E-state index contributed by atoms with van der Waals surface area (Å²) >= 11 is 0. The molecule has 3 unspecified atom stereocenters. The molecule has 0 saturated heterocycles. The molecular formula is C12H22F3NO. The van der Waals surface area contributed by atoms with Gasteiger partial charge in [0.1, 0.15) is 6.61 Å². The van der Waals surface area contributed by atoms with E-state index in [0.29, 0.717) is 24.4 Å². The molecule has 1 saturated carbocycles. The zero-order valence-electron chi connectivity index (χ0n) is 10.5. The zero-order chi connectivity index (χ0) is 12.9. The molecule has 1 aliphatic rings. The lowest BCUT2D eigenvalue weighted by Gasteiger charge is -2.33. The lowest BCUT2D eigenvalue weighted by Crippen LogP contribution is -2.41. The van der Waals surface area contributed by atoms with Gasteiger partial charge in [-0.3, -0.25) is 0 Å². The molecule has 0 radical (unpaired) electrons. The maximum absolute atomic E-state index is 11.8. The molecule has 102 valence electrons. The van der Waals surface area contributed by atoms with Crippen molar-refractivity contribution in [2.45, 2.75) is 45.3 Å². The second kappa shape index (κ2) is 6.59. The molecule has 0 aromatic heterocycles. The minimum absolute atomic E-state index is 0.122. The monoisotopic (exact) mass is 253 g/mol. The Bertz CT molecular complexity index is 220. The fraction of sp³-hybridized carbons (Fsp3) is 1.00. The second-order valence-corrected chi connectivity index (χ2v) is 5.12. The summed E-state index contributed by atoms with van der Waals surface area (Å²) in [6.07, 6.45) is -0.654. The summed E-state index contributed by atoms with van der Waals surface area (Å²) in [5.74, 6) is 1.31. The minimum atomic E-state index is -4.22. The standard InChI is InChI=1S/C12H22F3NO/c1-9-3-4-10(2)11(7-9)16-5-6-17-8-12(13,14)15/h9-11,16H,3-8H2,1-2H3. The van der Waals surface area contributed by atoms with E-state index in [2.05, 4.69) is 23.9 Å². The Balaban J connectivity index is 2.09. The third-order valence-electron chi connectivity index (χ3n) is 3.38. The van der Waals surface area contributed by atoms with Gasteiger partial charge in [-0.25, -0.2) is 0 Å². The lowest BCUT2D eigenvalue weighted by molar-refractivity contribution is -0.173. The second-order valence-electron chi connectivity index (χ2n) is 5.12. The van der Waals surface area contributed by atoms with E-state index in [1.165, 1.54) is 12.8 Å². The number of halogens is 3. The van der Waals surface area contributed by atoms with Gasteiger partial charge >= 0.3 is 6.18 Å². The first kappa shape index (κ1) is 14.8. The largest absolute Gasteiger partial charge is 0.411 e. The van der Waals surface area contributed by atoms with Gasteiger partial charge in [-0.15, -0.1) is 0 Å². The number of nitrogens with one attached hydrogen (secondary N) is 1. The van der Waals surface area contributed by atoms with Crippen molar-refractivity contribution in [3.05, 3.63) is 0 Å². The molecule has 1 rings (SSSR count). The maximum atomic E-state index is 11.8. The van der Waals surface area contributed by atoms with Crippen molar-refractivity contribution in [2.75, 3.05) is 19.8 Å². The van der Waals surface area contributed by atoms with Crippen LogP contribution < -0.4 is 5.32 Å². The molecule has 0 aromatic rings. The molecule has 0 aliphatic heterocycles. The van der Waals surface area contributed by atoms with Crippen molar-refractivity contribution in [3.63, 3.8) is 0 Å². The molecule has 1 fully saturated rings. The van der Waals surface area contributed by atoms with E-state index in [-0.39, 0.29) is 6.61 Å². The fourth-order valence-corrected chi connectivity index (χ4v) is 2.32. The summed E-state index contributed by atoms with van der Waals surface area (Å²) < 4.78 is 40.0. The summed E-state index contributed by atoms with van der Waals surface area (Å²) in [4.78, 5) is 0. The molecule has 2 nitrogen and oxygen atoms in total. The molecule has 0 spiro atoms. The number of rotatable bonds is 5. The number of hydrogen-bond donors (Lipinski definition) is 1. The molecule has 17 heavy (non-hydrogen) atoms. The smallest absolute Gasteiger partial charge is 0.371 e. The third-order valence-corrected chi connectivity index (χ3v) is 3.38. The van der Waals surface area contributed by atoms with Crippen molar-refractivity contribution < 1.29 is 17.9 Å². The summed E-state index contributed by atoms with van der Waals surface area (Å²) in [6, 6.07) is 0.424. The van der Waals surface area contributed by atoms with Gasteiger partial charge in [-0.2, -0.15) is 13.2 Å². The predicted molar refractivity (Wildman–Crippen MR) is 60.8 cm³/mol. The van der Waals surface area contributed by atoms with Crippen LogP contribution in [0, 0.1) is 11.8 Å². The Morgan fingerprint density at radius 3 is 2.59 bits per heavy atom.